The summed E-state index contributed by atoms with van der Waals surface area (Å²) in [5.74, 6) is 1.05. The van der Waals surface area contributed by atoms with E-state index in [0.717, 1.165) is 36.0 Å². The minimum absolute atomic E-state index is 0.0844. The highest BCUT2D eigenvalue weighted by Crippen LogP contribution is 2.29. The van der Waals surface area contributed by atoms with Gasteiger partial charge in [0.05, 0.1) is 5.92 Å². The van der Waals surface area contributed by atoms with E-state index in [1.807, 2.05) is 29.2 Å². The van der Waals surface area contributed by atoms with Crippen molar-refractivity contribution in [3.63, 3.8) is 0 Å². The fourth-order valence-corrected chi connectivity index (χ4v) is 3.33. The molecule has 0 radical (unpaired) electrons. The van der Waals surface area contributed by atoms with Gasteiger partial charge < -0.3 is 19.7 Å². The molecule has 134 valence electrons. The number of carbonyl (C=O) groups excluding carboxylic acids is 1. The van der Waals surface area contributed by atoms with Crippen molar-refractivity contribution in [1.82, 2.24) is 15.2 Å². The van der Waals surface area contributed by atoms with E-state index in [1.165, 1.54) is 0 Å². The lowest BCUT2D eigenvalue weighted by Crippen LogP contribution is -2.44. The van der Waals surface area contributed by atoms with E-state index in [9.17, 15) is 9.90 Å². The quantitative estimate of drug-likeness (QED) is 0.755. The second-order valence-electron chi connectivity index (χ2n) is 6.63. The number of para-hydroxylation sites is 2. The number of hydrogen-bond acceptors (Lipinski definition) is 4. The molecule has 1 atom stereocenters. The summed E-state index contributed by atoms with van der Waals surface area (Å²) in [5.41, 5.74) is 2.59. The topological polar surface area (TPSA) is 78.6 Å². The molecule has 1 fully saturated rings. The van der Waals surface area contributed by atoms with Crippen molar-refractivity contribution in [2.24, 2.45) is 0 Å². The Labute approximate surface area is 151 Å². The summed E-state index contributed by atoms with van der Waals surface area (Å²) in [6.45, 7) is 1.77. The molecule has 1 aliphatic rings. The zero-order valence-electron chi connectivity index (χ0n) is 14.4. The molecule has 6 nitrogen and oxygen atoms in total. The first kappa shape index (κ1) is 16.4. The number of amides is 2. The summed E-state index contributed by atoms with van der Waals surface area (Å²) in [5, 5.41) is 12.3. The molecule has 2 heterocycles. The second kappa shape index (κ2) is 7.07. The van der Waals surface area contributed by atoms with Crippen LogP contribution in [0.15, 0.2) is 52.9 Å². The molecule has 0 saturated carbocycles. The van der Waals surface area contributed by atoms with Crippen LogP contribution in [0.5, 0.6) is 5.75 Å². The maximum atomic E-state index is 12.5. The molecule has 0 unspecified atom stereocenters. The number of benzene rings is 2. The van der Waals surface area contributed by atoms with Gasteiger partial charge in [-0.1, -0.05) is 24.3 Å². The number of likely N-dealkylation sites (tertiary alicyclic amines) is 1. The summed E-state index contributed by atoms with van der Waals surface area (Å²) in [6, 6.07) is 14.5. The third-order valence-electron chi connectivity index (χ3n) is 4.75. The number of nitrogens with one attached hydrogen (secondary N) is 1. The van der Waals surface area contributed by atoms with Crippen LogP contribution in [0.1, 0.15) is 30.2 Å². The van der Waals surface area contributed by atoms with Crippen LogP contribution in [0.25, 0.3) is 11.1 Å². The molecule has 2 N–H and O–H groups in total. The van der Waals surface area contributed by atoms with Gasteiger partial charge in [-0.15, -0.1) is 0 Å². The molecule has 1 aromatic heterocycles. The molecule has 0 aliphatic carbocycles. The number of aromatic nitrogens is 1. The van der Waals surface area contributed by atoms with Gasteiger partial charge in [0.1, 0.15) is 11.3 Å². The second-order valence-corrected chi connectivity index (χ2v) is 6.63. The van der Waals surface area contributed by atoms with Gasteiger partial charge in [0.15, 0.2) is 11.5 Å². The number of rotatable bonds is 3. The van der Waals surface area contributed by atoms with Crippen molar-refractivity contribution in [2.75, 3.05) is 13.1 Å². The van der Waals surface area contributed by atoms with Crippen molar-refractivity contribution in [3.05, 3.63) is 60.0 Å². The Balaban J connectivity index is 1.39. The van der Waals surface area contributed by atoms with Crippen molar-refractivity contribution in [2.45, 2.75) is 25.3 Å². The van der Waals surface area contributed by atoms with E-state index in [0.29, 0.717) is 19.0 Å². The summed E-state index contributed by atoms with van der Waals surface area (Å²) < 4.78 is 5.88. The number of fused-ring (bicyclic) bond motifs is 1. The van der Waals surface area contributed by atoms with Crippen LogP contribution in [0, 0.1) is 0 Å². The van der Waals surface area contributed by atoms with Crippen LogP contribution in [-0.2, 0) is 6.54 Å². The number of hydrogen-bond donors (Lipinski definition) is 2. The molecule has 26 heavy (non-hydrogen) atoms. The molecule has 0 spiro atoms. The number of piperidine rings is 1. The highest BCUT2D eigenvalue weighted by atomic mass is 16.3. The van der Waals surface area contributed by atoms with E-state index >= 15 is 0 Å². The van der Waals surface area contributed by atoms with Gasteiger partial charge in [-0.25, -0.2) is 9.78 Å². The Bertz CT molecular complexity index is 871. The first-order valence-electron chi connectivity index (χ1n) is 8.85. The van der Waals surface area contributed by atoms with Crippen LogP contribution in [0.4, 0.5) is 4.79 Å². The lowest BCUT2D eigenvalue weighted by Gasteiger charge is -2.31. The van der Waals surface area contributed by atoms with Crippen LogP contribution in [-0.4, -0.2) is 34.1 Å². The summed E-state index contributed by atoms with van der Waals surface area (Å²) in [7, 11) is 0. The lowest BCUT2D eigenvalue weighted by molar-refractivity contribution is 0.174. The number of phenols is 1. The number of nitrogens with zero attached hydrogens (tertiary/aromatic N) is 2. The number of aromatic hydroxyl groups is 1. The summed E-state index contributed by atoms with van der Waals surface area (Å²) in [6.07, 6.45) is 1.89. The third kappa shape index (κ3) is 3.49. The van der Waals surface area contributed by atoms with Crippen molar-refractivity contribution in [1.29, 1.82) is 0 Å². The minimum Gasteiger partial charge on any atom is -0.508 e. The van der Waals surface area contributed by atoms with Crippen LogP contribution in [0.3, 0.4) is 0 Å². The molecule has 1 aliphatic heterocycles. The van der Waals surface area contributed by atoms with Gasteiger partial charge in [0.25, 0.3) is 0 Å². The van der Waals surface area contributed by atoms with E-state index in [4.69, 9.17) is 4.42 Å². The maximum Gasteiger partial charge on any atom is 0.317 e. The molecular weight excluding hydrogens is 330 g/mol. The van der Waals surface area contributed by atoms with Crippen molar-refractivity contribution < 1.29 is 14.3 Å². The van der Waals surface area contributed by atoms with Gasteiger partial charge in [-0.3, -0.25) is 0 Å². The molecule has 2 aromatic carbocycles. The van der Waals surface area contributed by atoms with E-state index in [-0.39, 0.29) is 17.7 Å². The van der Waals surface area contributed by atoms with Gasteiger partial charge in [-0.2, -0.15) is 0 Å². The standard InChI is InChI=1S/C20H21N3O3/c24-16-9-7-14(8-10-16)12-21-20(25)23-11-3-4-15(13-23)19-22-17-5-1-2-6-18(17)26-19/h1-2,5-10,15,24H,3-4,11-13H2,(H,21,25)/t15-/m1/s1. The summed E-state index contributed by atoms with van der Waals surface area (Å²) >= 11 is 0. The Morgan fingerprint density at radius 3 is 2.85 bits per heavy atom. The molecular formula is C20H21N3O3. The average Bonchev–Trinajstić information content (AvgIpc) is 3.12. The first-order chi connectivity index (χ1) is 12.7. The Morgan fingerprint density at radius 2 is 2.04 bits per heavy atom. The predicted molar refractivity (Wildman–Crippen MR) is 97.9 cm³/mol. The lowest BCUT2D eigenvalue weighted by atomic mass is 9.98. The third-order valence-corrected chi connectivity index (χ3v) is 4.75. The maximum absolute atomic E-state index is 12.5. The monoisotopic (exact) mass is 351 g/mol. The predicted octanol–water partition coefficient (Wildman–Crippen LogP) is 3.62. The zero-order chi connectivity index (χ0) is 17.9. The number of urea groups is 1. The number of phenolic OH excluding ortho intramolecular Hbond substituents is 1. The molecule has 1 saturated heterocycles. The molecule has 3 aromatic rings. The SMILES string of the molecule is O=C(NCc1ccc(O)cc1)N1CCC[C@@H](c2nc3ccccc3o2)C1. The normalized spacial score (nSPS) is 17.4. The first-order valence-corrected chi connectivity index (χ1v) is 8.85. The number of oxazole rings is 1. The van der Waals surface area contributed by atoms with Crippen molar-refractivity contribution in [3.8, 4) is 5.75 Å². The summed E-state index contributed by atoms with van der Waals surface area (Å²) in [4.78, 5) is 18.9. The largest absolute Gasteiger partial charge is 0.508 e. The van der Waals surface area contributed by atoms with E-state index < -0.39 is 0 Å². The smallest absolute Gasteiger partial charge is 0.317 e. The van der Waals surface area contributed by atoms with E-state index in [2.05, 4.69) is 10.3 Å². The Hall–Kier alpha value is -3.02. The fraction of sp³-hybridized carbons (Fsp3) is 0.300. The molecule has 0 bridgehead atoms. The van der Waals surface area contributed by atoms with Gasteiger partial charge in [0.2, 0.25) is 0 Å². The van der Waals surface area contributed by atoms with Gasteiger partial charge >= 0.3 is 6.03 Å². The molecule has 6 heteroatoms. The Morgan fingerprint density at radius 1 is 1.23 bits per heavy atom. The Kier molecular flexibility index (Phi) is 4.48. The highest BCUT2D eigenvalue weighted by molar-refractivity contribution is 5.74. The van der Waals surface area contributed by atoms with Gasteiger partial charge in [-0.05, 0) is 42.7 Å². The van der Waals surface area contributed by atoms with E-state index in [1.54, 1.807) is 24.3 Å². The average molecular weight is 351 g/mol. The zero-order valence-corrected chi connectivity index (χ0v) is 14.4. The van der Waals surface area contributed by atoms with Crippen LogP contribution >= 0.6 is 0 Å². The van der Waals surface area contributed by atoms with Crippen LogP contribution in [0.2, 0.25) is 0 Å². The van der Waals surface area contributed by atoms with Gasteiger partial charge in [0, 0.05) is 19.6 Å². The minimum atomic E-state index is -0.0844. The number of carbonyl (C=O) groups is 1. The van der Waals surface area contributed by atoms with Crippen LogP contribution < -0.4 is 5.32 Å². The fourth-order valence-electron chi connectivity index (χ4n) is 3.33. The van der Waals surface area contributed by atoms with Crippen molar-refractivity contribution >= 4 is 17.1 Å². The highest BCUT2D eigenvalue weighted by Gasteiger charge is 2.28. The molecule has 2 amide bonds. The molecule has 4 rings (SSSR count).